The normalized spacial score (nSPS) is 18.1. The Morgan fingerprint density at radius 1 is 1.00 bits per heavy atom. The molecule has 4 nitrogen and oxygen atoms in total. The number of anilines is 1. The summed E-state index contributed by atoms with van der Waals surface area (Å²) in [6.45, 7) is 0. The van der Waals surface area contributed by atoms with Crippen molar-refractivity contribution in [3.05, 3.63) is 65.7 Å². The van der Waals surface area contributed by atoms with E-state index < -0.39 is 12.1 Å². The fraction of sp³-hybridized carbons (Fsp3) is 0.0667. The van der Waals surface area contributed by atoms with Crippen LogP contribution in [0.5, 0.6) is 0 Å². The molecule has 1 heterocycles. The number of para-hydroxylation sites is 1. The standard InChI is InChI=1S/C15H12N2O2/c18-14-15(19)17-13(10-6-2-1-3-7-10)11-8-4-5-9-12(11)16-14/h1-9,15,19H,(H,16,18)/t15-/m0/s1. The lowest BCUT2D eigenvalue weighted by molar-refractivity contribution is -0.123. The van der Waals surface area contributed by atoms with Gasteiger partial charge in [-0.05, 0) is 6.07 Å². The molecule has 0 bridgehead atoms. The Morgan fingerprint density at radius 2 is 1.68 bits per heavy atom. The molecule has 4 heteroatoms. The van der Waals surface area contributed by atoms with Gasteiger partial charge in [-0.2, -0.15) is 0 Å². The highest BCUT2D eigenvalue weighted by Crippen LogP contribution is 2.23. The van der Waals surface area contributed by atoms with Crippen LogP contribution in [0.15, 0.2) is 59.6 Å². The second-order valence-corrected chi connectivity index (χ2v) is 4.25. The van der Waals surface area contributed by atoms with Crippen LogP contribution in [0, 0.1) is 0 Å². The minimum atomic E-state index is -1.39. The molecule has 0 unspecified atom stereocenters. The van der Waals surface area contributed by atoms with Gasteiger partial charge in [-0.25, -0.2) is 4.99 Å². The highest BCUT2D eigenvalue weighted by atomic mass is 16.3. The SMILES string of the molecule is O=C1Nc2ccccc2C(c2ccccc2)=N[C@H]1O. The van der Waals surface area contributed by atoms with E-state index in [-0.39, 0.29) is 0 Å². The fourth-order valence-corrected chi connectivity index (χ4v) is 2.07. The van der Waals surface area contributed by atoms with Gasteiger partial charge in [-0.1, -0.05) is 48.5 Å². The molecule has 0 saturated carbocycles. The summed E-state index contributed by atoms with van der Waals surface area (Å²) in [4.78, 5) is 15.8. The maximum atomic E-state index is 11.7. The number of hydrogen-bond acceptors (Lipinski definition) is 3. The van der Waals surface area contributed by atoms with Crippen LogP contribution in [-0.4, -0.2) is 23.0 Å². The van der Waals surface area contributed by atoms with Crippen LogP contribution < -0.4 is 5.32 Å². The lowest BCUT2D eigenvalue weighted by atomic mass is 10.0. The van der Waals surface area contributed by atoms with Crippen molar-refractivity contribution in [2.75, 3.05) is 5.32 Å². The summed E-state index contributed by atoms with van der Waals surface area (Å²) in [5, 5.41) is 12.4. The third-order valence-corrected chi connectivity index (χ3v) is 2.97. The van der Waals surface area contributed by atoms with Gasteiger partial charge in [0, 0.05) is 11.1 Å². The maximum Gasteiger partial charge on any atom is 0.276 e. The Morgan fingerprint density at radius 3 is 2.47 bits per heavy atom. The molecular formula is C15H12N2O2. The molecular weight excluding hydrogens is 240 g/mol. The van der Waals surface area contributed by atoms with E-state index in [0.29, 0.717) is 11.4 Å². The molecule has 0 fully saturated rings. The zero-order valence-corrected chi connectivity index (χ0v) is 10.1. The van der Waals surface area contributed by atoms with Gasteiger partial charge in [-0.3, -0.25) is 4.79 Å². The first kappa shape index (κ1) is 11.6. The number of fused-ring (bicyclic) bond motifs is 1. The molecule has 0 aliphatic carbocycles. The lowest BCUT2D eigenvalue weighted by Gasteiger charge is -2.08. The van der Waals surface area contributed by atoms with Gasteiger partial charge in [0.2, 0.25) is 6.23 Å². The molecule has 19 heavy (non-hydrogen) atoms. The molecule has 0 saturated heterocycles. The molecule has 94 valence electrons. The Balaban J connectivity index is 2.21. The highest BCUT2D eigenvalue weighted by Gasteiger charge is 2.23. The van der Waals surface area contributed by atoms with E-state index in [1.54, 1.807) is 6.07 Å². The third kappa shape index (κ3) is 2.13. The number of nitrogens with one attached hydrogen (secondary N) is 1. The molecule has 1 aliphatic rings. The fourth-order valence-electron chi connectivity index (χ4n) is 2.07. The van der Waals surface area contributed by atoms with Crippen LogP contribution in [0.2, 0.25) is 0 Å². The number of amides is 1. The average molecular weight is 252 g/mol. The van der Waals surface area contributed by atoms with Crippen molar-refractivity contribution in [3.63, 3.8) is 0 Å². The zero-order chi connectivity index (χ0) is 13.2. The Hall–Kier alpha value is -2.46. The van der Waals surface area contributed by atoms with Crippen molar-refractivity contribution >= 4 is 17.3 Å². The minimum absolute atomic E-state index is 0.515. The highest BCUT2D eigenvalue weighted by molar-refractivity contribution is 6.19. The number of aliphatic hydroxyl groups is 1. The summed E-state index contributed by atoms with van der Waals surface area (Å²) in [6, 6.07) is 16.9. The molecule has 1 aliphatic heterocycles. The van der Waals surface area contributed by atoms with Crippen LogP contribution in [0.3, 0.4) is 0 Å². The summed E-state index contributed by atoms with van der Waals surface area (Å²) in [6.07, 6.45) is -1.39. The van der Waals surface area contributed by atoms with E-state index in [1.165, 1.54) is 0 Å². The second-order valence-electron chi connectivity index (χ2n) is 4.25. The Bertz CT molecular complexity index is 650. The van der Waals surface area contributed by atoms with Gasteiger partial charge in [0.05, 0.1) is 11.4 Å². The molecule has 1 amide bonds. The van der Waals surface area contributed by atoms with E-state index in [1.807, 2.05) is 48.5 Å². The number of nitrogens with zero attached hydrogens (tertiary/aromatic N) is 1. The zero-order valence-electron chi connectivity index (χ0n) is 10.1. The average Bonchev–Trinajstić information content (AvgIpc) is 2.58. The second kappa shape index (κ2) is 4.66. The molecule has 0 aromatic heterocycles. The summed E-state index contributed by atoms with van der Waals surface area (Å²) < 4.78 is 0. The summed E-state index contributed by atoms with van der Waals surface area (Å²) in [5.41, 5.74) is 2.94. The largest absolute Gasteiger partial charge is 0.364 e. The predicted molar refractivity (Wildman–Crippen MR) is 73.2 cm³/mol. The van der Waals surface area contributed by atoms with Gasteiger partial charge >= 0.3 is 0 Å². The monoisotopic (exact) mass is 252 g/mol. The van der Waals surface area contributed by atoms with Crippen LogP contribution in [0.1, 0.15) is 11.1 Å². The first-order chi connectivity index (χ1) is 9.25. The van der Waals surface area contributed by atoms with E-state index >= 15 is 0 Å². The first-order valence-electron chi connectivity index (χ1n) is 5.97. The van der Waals surface area contributed by atoms with Gasteiger partial charge < -0.3 is 10.4 Å². The number of benzene rings is 2. The van der Waals surface area contributed by atoms with Crippen molar-refractivity contribution in [1.29, 1.82) is 0 Å². The number of aliphatic hydroxyl groups excluding tert-OH is 1. The number of aliphatic imine (C=N–C) groups is 1. The van der Waals surface area contributed by atoms with Crippen molar-refractivity contribution in [3.8, 4) is 0 Å². The Kier molecular flexibility index (Phi) is 2.85. The minimum Gasteiger partial charge on any atom is -0.364 e. The van der Waals surface area contributed by atoms with Crippen molar-refractivity contribution in [2.24, 2.45) is 4.99 Å². The van der Waals surface area contributed by atoms with E-state index in [9.17, 15) is 9.90 Å². The quantitative estimate of drug-likeness (QED) is 0.812. The number of rotatable bonds is 1. The number of hydrogen-bond donors (Lipinski definition) is 2. The summed E-state index contributed by atoms with van der Waals surface area (Å²) in [5.74, 6) is -0.515. The molecule has 2 aromatic rings. The molecule has 0 spiro atoms. The van der Waals surface area contributed by atoms with E-state index in [2.05, 4.69) is 10.3 Å². The van der Waals surface area contributed by atoms with Gasteiger partial charge in [-0.15, -0.1) is 0 Å². The van der Waals surface area contributed by atoms with E-state index in [0.717, 1.165) is 11.1 Å². The van der Waals surface area contributed by atoms with Crippen LogP contribution >= 0.6 is 0 Å². The smallest absolute Gasteiger partial charge is 0.276 e. The summed E-state index contributed by atoms with van der Waals surface area (Å²) >= 11 is 0. The topological polar surface area (TPSA) is 61.7 Å². The van der Waals surface area contributed by atoms with Gasteiger partial charge in [0.25, 0.3) is 5.91 Å². The van der Waals surface area contributed by atoms with Crippen molar-refractivity contribution in [1.82, 2.24) is 0 Å². The van der Waals surface area contributed by atoms with Crippen LogP contribution in [0.4, 0.5) is 5.69 Å². The van der Waals surface area contributed by atoms with Crippen LogP contribution in [-0.2, 0) is 4.79 Å². The third-order valence-electron chi connectivity index (χ3n) is 2.97. The van der Waals surface area contributed by atoms with Gasteiger partial charge in [0.15, 0.2) is 0 Å². The van der Waals surface area contributed by atoms with Gasteiger partial charge in [0.1, 0.15) is 0 Å². The molecule has 2 N–H and O–H groups in total. The molecule has 3 rings (SSSR count). The van der Waals surface area contributed by atoms with Crippen LogP contribution in [0.25, 0.3) is 0 Å². The molecule has 2 aromatic carbocycles. The first-order valence-corrected chi connectivity index (χ1v) is 5.97. The predicted octanol–water partition coefficient (Wildman–Crippen LogP) is 1.79. The van der Waals surface area contributed by atoms with E-state index in [4.69, 9.17) is 0 Å². The number of carbonyl (C=O) groups excluding carboxylic acids is 1. The van der Waals surface area contributed by atoms with Crippen molar-refractivity contribution in [2.45, 2.75) is 6.23 Å². The maximum absolute atomic E-state index is 11.7. The van der Waals surface area contributed by atoms with Crippen molar-refractivity contribution < 1.29 is 9.90 Å². The number of benzodiazepines with no additional fused rings is 1. The molecule has 0 radical (unpaired) electrons. The lowest BCUT2D eigenvalue weighted by Crippen LogP contribution is -2.24. The molecule has 1 atom stereocenters. The summed E-state index contributed by atoms with van der Waals surface area (Å²) in [7, 11) is 0. The number of carbonyl (C=O) groups is 1. The Labute approximate surface area is 110 Å².